The molecule has 8 rings (SSSR count). The zero-order valence-electron chi connectivity index (χ0n) is 31.9. The molecule has 0 atom stereocenters. The number of hydrogen-bond donors (Lipinski definition) is 0. The summed E-state index contributed by atoms with van der Waals surface area (Å²) >= 11 is 0. The van der Waals surface area contributed by atoms with Crippen molar-refractivity contribution in [2.45, 2.75) is 51.4 Å². The molecule has 0 radical (unpaired) electrons. The molecule has 0 aromatic heterocycles. The van der Waals surface area contributed by atoms with E-state index in [1.54, 1.807) is 0 Å². The molecule has 274 valence electrons. The van der Waals surface area contributed by atoms with Crippen LogP contribution in [-0.4, -0.2) is 11.6 Å². The molecular formula is C54H46O2. The van der Waals surface area contributed by atoms with Crippen LogP contribution in [0.1, 0.15) is 87.5 Å². The van der Waals surface area contributed by atoms with Crippen molar-refractivity contribution < 1.29 is 9.59 Å². The first-order valence-corrected chi connectivity index (χ1v) is 19.9. The van der Waals surface area contributed by atoms with Crippen molar-refractivity contribution in [1.29, 1.82) is 0 Å². The van der Waals surface area contributed by atoms with Crippen molar-refractivity contribution in [1.82, 2.24) is 0 Å². The van der Waals surface area contributed by atoms with Gasteiger partial charge in [0.2, 0.25) is 0 Å². The van der Waals surface area contributed by atoms with Gasteiger partial charge in [0, 0.05) is 22.3 Å². The van der Waals surface area contributed by atoms with Crippen molar-refractivity contribution in [3.8, 4) is 0 Å². The molecule has 1 aliphatic carbocycles. The van der Waals surface area contributed by atoms with Crippen LogP contribution in [0.5, 0.6) is 0 Å². The molecule has 2 heteroatoms. The highest BCUT2D eigenvalue weighted by molar-refractivity contribution is 6.32. The first-order chi connectivity index (χ1) is 27.6. The number of ketones is 2. The summed E-state index contributed by atoms with van der Waals surface area (Å²) < 4.78 is 0. The highest BCUT2D eigenvalue weighted by atomic mass is 16.1. The molecule has 0 N–H and O–H groups in total. The molecule has 0 saturated heterocycles. The van der Waals surface area contributed by atoms with Crippen LogP contribution in [0.25, 0.3) is 22.9 Å². The van der Waals surface area contributed by atoms with Gasteiger partial charge in [-0.15, -0.1) is 0 Å². The highest BCUT2D eigenvalue weighted by Gasteiger charge is 2.39. The number of fused-ring (bicyclic) bond motifs is 3. The molecule has 1 aliphatic rings. The predicted molar refractivity (Wildman–Crippen MR) is 233 cm³/mol. The van der Waals surface area contributed by atoms with E-state index in [-0.39, 0.29) is 11.6 Å². The quantitative estimate of drug-likeness (QED) is 0.112. The molecule has 0 heterocycles. The van der Waals surface area contributed by atoms with E-state index in [1.807, 2.05) is 60.7 Å². The highest BCUT2D eigenvalue weighted by Crippen LogP contribution is 2.43. The Bertz CT molecular complexity index is 2380. The molecule has 56 heavy (non-hydrogen) atoms. The van der Waals surface area contributed by atoms with E-state index in [9.17, 15) is 0 Å². The topological polar surface area (TPSA) is 34.1 Å². The van der Waals surface area contributed by atoms with Crippen LogP contribution in [0.15, 0.2) is 159 Å². The van der Waals surface area contributed by atoms with Gasteiger partial charge in [0.15, 0.2) is 11.6 Å². The van der Waals surface area contributed by atoms with Gasteiger partial charge in [0.1, 0.15) is 0 Å². The largest absolute Gasteiger partial charge is 0.289 e. The third-order valence-electron chi connectivity index (χ3n) is 11.6. The number of rotatable bonds is 14. The second kappa shape index (κ2) is 16.6. The Hall–Kier alpha value is -6.38. The third-order valence-corrected chi connectivity index (χ3v) is 11.6. The van der Waals surface area contributed by atoms with Crippen LogP contribution in [0.4, 0.5) is 0 Å². The molecule has 0 saturated carbocycles. The monoisotopic (exact) mass is 726 g/mol. The fraction of sp³-hybridized carbons (Fsp3) is 0.148. The van der Waals surface area contributed by atoms with E-state index in [0.717, 1.165) is 69.8 Å². The average Bonchev–Trinajstić information content (AvgIpc) is 3.25. The van der Waals surface area contributed by atoms with Gasteiger partial charge in [-0.05, 0) is 118 Å². The van der Waals surface area contributed by atoms with Crippen molar-refractivity contribution in [2.75, 3.05) is 0 Å². The minimum absolute atomic E-state index is 0.0490. The van der Waals surface area contributed by atoms with Crippen molar-refractivity contribution in [2.24, 2.45) is 0 Å². The molecule has 2 nitrogen and oxygen atoms in total. The zero-order chi connectivity index (χ0) is 38.4. The van der Waals surface area contributed by atoms with Crippen LogP contribution in [0.2, 0.25) is 0 Å². The molecule has 0 bridgehead atoms. The van der Waals surface area contributed by atoms with Crippen LogP contribution in [0, 0.1) is 0 Å². The Labute approximate surface area is 330 Å². The van der Waals surface area contributed by atoms with E-state index in [2.05, 4.69) is 110 Å². The second-order valence-corrected chi connectivity index (χ2v) is 14.8. The van der Waals surface area contributed by atoms with E-state index >= 15 is 9.59 Å². The lowest BCUT2D eigenvalue weighted by Crippen LogP contribution is -2.29. The SMILES string of the molecule is C=Cc1c(C=C)c(CCc2ccccc2)c2c(c1CCc1ccccc1)C(=O)c1c(c(CCc3ccccc3)c3ccccc3c1CCc1ccccc1)C2=O. The van der Waals surface area contributed by atoms with Gasteiger partial charge in [0.25, 0.3) is 0 Å². The van der Waals surface area contributed by atoms with Gasteiger partial charge in [0.05, 0.1) is 0 Å². The fourth-order valence-electron chi connectivity index (χ4n) is 8.89. The van der Waals surface area contributed by atoms with Crippen LogP contribution in [-0.2, 0) is 51.4 Å². The summed E-state index contributed by atoms with van der Waals surface area (Å²) in [5.41, 5.74) is 12.5. The van der Waals surface area contributed by atoms with Gasteiger partial charge in [-0.2, -0.15) is 0 Å². The number of benzene rings is 7. The van der Waals surface area contributed by atoms with Crippen LogP contribution in [0.3, 0.4) is 0 Å². The summed E-state index contributed by atoms with van der Waals surface area (Å²) in [6.45, 7) is 8.59. The lowest BCUT2D eigenvalue weighted by atomic mass is 9.70. The summed E-state index contributed by atoms with van der Waals surface area (Å²) in [6, 6.07) is 50.0. The van der Waals surface area contributed by atoms with E-state index in [1.165, 1.54) is 22.3 Å². The van der Waals surface area contributed by atoms with Gasteiger partial charge < -0.3 is 0 Å². The Morgan fingerprint density at radius 1 is 0.321 bits per heavy atom. The number of aryl methyl sites for hydroxylation is 6. The summed E-state index contributed by atoms with van der Waals surface area (Å²) in [5, 5.41) is 2.10. The Morgan fingerprint density at radius 2 is 0.571 bits per heavy atom. The second-order valence-electron chi connectivity index (χ2n) is 14.8. The summed E-state index contributed by atoms with van der Waals surface area (Å²) in [7, 11) is 0. The maximum absolute atomic E-state index is 15.9. The summed E-state index contributed by atoms with van der Waals surface area (Å²) in [4.78, 5) is 31.7. The van der Waals surface area contributed by atoms with Gasteiger partial charge >= 0.3 is 0 Å². The van der Waals surface area contributed by atoms with Gasteiger partial charge in [-0.3, -0.25) is 9.59 Å². The van der Waals surface area contributed by atoms with Gasteiger partial charge in [-0.1, -0.05) is 171 Å². The molecule has 0 amide bonds. The first-order valence-electron chi connectivity index (χ1n) is 19.9. The van der Waals surface area contributed by atoms with Crippen molar-refractivity contribution >= 4 is 34.5 Å². The molecule has 0 spiro atoms. The van der Waals surface area contributed by atoms with Crippen molar-refractivity contribution in [3.63, 3.8) is 0 Å². The lowest BCUT2D eigenvalue weighted by molar-refractivity contribution is 0.0976. The standard InChI is InChI=1S/C54H46O2/c1-3-41-42(4-2)46(34-30-38-21-11-6-12-22-38)50-49(45(41)33-29-37-19-9-5-10-20-37)53(55)51-47(35-31-39-23-13-7-14-24-39)43-27-17-18-28-44(43)48(52(51)54(50)56)36-32-40-25-15-8-16-26-40/h3-28H,1-2,29-36H2. The predicted octanol–water partition coefficient (Wildman–Crippen LogP) is 12.0. The van der Waals surface area contributed by atoms with Crippen LogP contribution < -0.4 is 0 Å². The van der Waals surface area contributed by atoms with E-state index in [4.69, 9.17) is 0 Å². The lowest BCUT2D eigenvalue weighted by Gasteiger charge is -2.31. The third kappa shape index (κ3) is 7.11. The zero-order valence-corrected chi connectivity index (χ0v) is 31.9. The molecule has 7 aromatic carbocycles. The van der Waals surface area contributed by atoms with Crippen molar-refractivity contribution in [3.05, 3.63) is 237 Å². The Morgan fingerprint density at radius 3 is 0.857 bits per heavy atom. The molecule has 0 aliphatic heterocycles. The minimum atomic E-state index is -0.0490. The number of carbonyl (C=O) groups excluding carboxylic acids is 2. The maximum Gasteiger partial charge on any atom is 0.195 e. The average molecular weight is 727 g/mol. The molecule has 0 fully saturated rings. The van der Waals surface area contributed by atoms with Gasteiger partial charge in [-0.25, -0.2) is 0 Å². The first kappa shape index (κ1) is 36.6. The molecule has 0 unspecified atom stereocenters. The molecule has 7 aromatic rings. The van der Waals surface area contributed by atoms with Crippen LogP contribution >= 0.6 is 0 Å². The fourth-order valence-corrected chi connectivity index (χ4v) is 8.89. The Kier molecular flexibility index (Phi) is 10.8. The summed E-state index contributed by atoms with van der Waals surface area (Å²) in [6.07, 6.45) is 9.17. The maximum atomic E-state index is 15.9. The van der Waals surface area contributed by atoms with E-state index in [0.29, 0.717) is 47.9 Å². The van der Waals surface area contributed by atoms with E-state index < -0.39 is 0 Å². The smallest absolute Gasteiger partial charge is 0.195 e. The Balaban J connectivity index is 1.39. The molecular weight excluding hydrogens is 681 g/mol. The number of carbonyl (C=O) groups is 2. The number of hydrogen-bond acceptors (Lipinski definition) is 2. The minimum Gasteiger partial charge on any atom is -0.289 e. The normalized spacial score (nSPS) is 12.0. The summed E-state index contributed by atoms with van der Waals surface area (Å²) in [5.74, 6) is -0.0979.